The summed E-state index contributed by atoms with van der Waals surface area (Å²) in [7, 11) is 1.46. The van der Waals surface area contributed by atoms with Gasteiger partial charge in [0.2, 0.25) is 5.91 Å². The fourth-order valence-corrected chi connectivity index (χ4v) is 2.03. The Balaban J connectivity index is 1.92. The Labute approximate surface area is 136 Å². The van der Waals surface area contributed by atoms with E-state index in [1.165, 1.54) is 24.1 Å². The van der Waals surface area contributed by atoms with E-state index in [9.17, 15) is 22.8 Å². The average Bonchev–Trinajstić information content (AvgIpc) is 2.54. The first-order valence-electron chi connectivity index (χ1n) is 7.09. The molecule has 7 heteroatoms. The Morgan fingerprint density at radius 1 is 1.04 bits per heavy atom. The predicted molar refractivity (Wildman–Crippen MR) is 81.6 cm³/mol. The van der Waals surface area contributed by atoms with Gasteiger partial charge in [-0.15, -0.1) is 0 Å². The van der Waals surface area contributed by atoms with E-state index < -0.39 is 29.3 Å². The number of hydrogen-bond acceptors (Lipinski definition) is 2. The van der Waals surface area contributed by atoms with Gasteiger partial charge in [-0.25, -0.2) is 13.2 Å². The molecular weight excluding hydrogens is 321 g/mol. The number of hydrogen-bond donors (Lipinski definition) is 1. The van der Waals surface area contributed by atoms with E-state index in [1.807, 2.05) is 0 Å². The number of amides is 2. The zero-order valence-corrected chi connectivity index (χ0v) is 12.9. The van der Waals surface area contributed by atoms with Gasteiger partial charge in [0.1, 0.15) is 17.5 Å². The van der Waals surface area contributed by atoms with Gasteiger partial charge in [0.15, 0.2) is 0 Å². The third kappa shape index (κ3) is 4.34. The third-order valence-corrected chi connectivity index (χ3v) is 3.37. The monoisotopic (exact) mass is 336 g/mol. The highest BCUT2D eigenvalue weighted by Gasteiger charge is 2.16. The smallest absolute Gasteiger partial charge is 0.254 e. The summed E-state index contributed by atoms with van der Waals surface area (Å²) in [4.78, 5) is 25.0. The number of rotatable bonds is 5. The molecule has 0 fully saturated rings. The lowest BCUT2D eigenvalue weighted by Crippen LogP contribution is -2.38. The van der Waals surface area contributed by atoms with Gasteiger partial charge in [0.05, 0.1) is 12.1 Å². The van der Waals surface area contributed by atoms with Crippen molar-refractivity contribution < 1.29 is 22.8 Å². The molecule has 0 aliphatic rings. The molecule has 0 saturated heterocycles. The van der Waals surface area contributed by atoms with Gasteiger partial charge < -0.3 is 10.2 Å². The summed E-state index contributed by atoms with van der Waals surface area (Å²) >= 11 is 0. The Kier molecular flexibility index (Phi) is 5.57. The number of carbonyl (C=O) groups excluding carboxylic acids is 2. The first-order valence-corrected chi connectivity index (χ1v) is 7.09. The minimum Gasteiger partial charge on any atom is -0.343 e. The van der Waals surface area contributed by atoms with Crippen LogP contribution in [0.15, 0.2) is 42.5 Å². The van der Waals surface area contributed by atoms with Gasteiger partial charge in [0.25, 0.3) is 5.91 Å². The van der Waals surface area contributed by atoms with Crippen molar-refractivity contribution in [1.82, 2.24) is 10.2 Å². The maximum atomic E-state index is 13.5. The average molecular weight is 336 g/mol. The van der Waals surface area contributed by atoms with E-state index in [-0.39, 0.29) is 18.7 Å². The molecule has 0 atom stereocenters. The Morgan fingerprint density at radius 2 is 1.75 bits per heavy atom. The first-order chi connectivity index (χ1) is 11.4. The van der Waals surface area contributed by atoms with Gasteiger partial charge >= 0.3 is 0 Å². The molecule has 4 nitrogen and oxygen atoms in total. The standard InChI is InChI=1S/C17H15F3N2O2/c1-22(10-11-4-2-3-5-14(11)19)16(23)9-21-17(24)13-7-6-12(18)8-15(13)20/h2-8H,9-10H2,1H3,(H,21,24). The van der Waals surface area contributed by atoms with Crippen molar-refractivity contribution in [2.75, 3.05) is 13.6 Å². The summed E-state index contributed by atoms with van der Waals surface area (Å²) in [6.45, 7) is -0.354. The van der Waals surface area contributed by atoms with E-state index in [2.05, 4.69) is 5.32 Å². The lowest BCUT2D eigenvalue weighted by Gasteiger charge is -2.18. The molecule has 2 amide bonds. The largest absolute Gasteiger partial charge is 0.343 e. The normalized spacial score (nSPS) is 10.3. The highest BCUT2D eigenvalue weighted by Crippen LogP contribution is 2.10. The van der Waals surface area contributed by atoms with Crippen LogP contribution in [0.25, 0.3) is 0 Å². The molecule has 2 rings (SSSR count). The van der Waals surface area contributed by atoms with Crippen LogP contribution in [0.2, 0.25) is 0 Å². The van der Waals surface area contributed by atoms with Gasteiger partial charge in [0, 0.05) is 25.2 Å². The second-order valence-corrected chi connectivity index (χ2v) is 5.15. The van der Waals surface area contributed by atoms with Crippen LogP contribution in [0, 0.1) is 17.5 Å². The van der Waals surface area contributed by atoms with Gasteiger partial charge in [-0.2, -0.15) is 0 Å². The maximum Gasteiger partial charge on any atom is 0.254 e. The van der Waals surface area contributed by atoms with Crippen LogP contribution in [0.3, 0.4) is 0 Å². The second-order valence-electron chi connectivity index (χ2n) is 5.15. The summed E-state index contributed by atoms with van der Waals surface area (Å²) in [6, 6.07) is 8.55. The highest BCUT2D eigenvalue weighted by molar-refractivity contribution is 5.96. The molecular formula is C17H15F3N2O2. The maximum absolute atomic E-state index is 13.5. The van der Waals surface area contributed by atoms with Crippen LogP contribution in [0.1, 0.15) is 15.9 Å². The lowest BCUT2D eigenvalue weighted by atomic mass is 10.2. The molecule has 0 radical (unpaired) electrons. The van der Waals surface area contributed by atoms with Crippen molar-refractivity contribution >= 4 is 11.8 Å². The van der Waals surface area contributed by atoms with Gasteiger partial charge in [-0.1, -0.05) is 18.2 Å². The minimum absolute atomic E-state index is 0.0340. The van der Waals surface area contributed by atoms with Crippen LogP contribution in [0.5, 0.6) is 0 Å². The summed E-state index contributed by atoms with van der Waals surface area (Å²) in [5.41, 5.74) is -0.0230. The minimum atomic E-state index is -1.01. The number of likely N-dealkylation sites (N-methyl/N-ethyl adjacent to an activating group) is 1. The van der Waals surface area contributed by atoms with Crippen molar-refractivity contribution in [3.63, 3.8) is 0 Å². The van der Waals surface area contributed by atoms with Crippen molar-refractivity contribution in [1.29, 1.82) is 0 Å². The van der Waals surface area contributed by atoms with Crippen molar-refractivity contribution in [3.8, 4) is 0 Å². The molecule has 0 aliphatic heterocycles. The van der Waals surface area contributed by atoms with Crippen LogP contribution in [-0.2, 0) is 11.3 Å². The first kappa shape index (κ1) is 17.5. The molecule has 2 aromatic carbocycles. The molecule has 2 aromatic rings. The molecule has 0 unspecified atom stereocenters. The zero-order valence-electron chi connectivity index (χ0n) is 12.9. The van der Waals surface area contributed by atoms with Crippen molar-refractivity contribution in [2.24, 2.45) is 0 Å². The van der Waals surface area contributed by atoms with E-state index in [0.717, 1.165) is 12.1 Å². The summed E-state index contributed by atoms with van der Waals surface area (Å²) < 4.78 is 39.8. The van der Waals surface area contributed by atoms with Gasteiger partial charge in [-0.3, -0.25) is 9.59 Å². The zero-order chi connectivity index (χ0) is 17.7. The SMILES string of the molecule is CN(Cc1ccccc1F)C(=O)CNC(=O)c1ccc(F)cc1F. The molecule has 0 saturated carbocycles. The number of nitrogens with one attached hydrogen (secondary N) is 1. The fraction of sp³-hybridized carbons (Fsp3) is 0.176. The topological polar surface area (TPSA) is 49.4 Å². The molecule has 1 N–H and O–H groups in total. The van der Waals surface area contributed by atoms with E-state index in [1.54, 1.807) is 12.1 Å². The van der Waals surface area contributed by atoms with Crippen LogP contribution < -0.4 is 5.32 Å². The molecule has 126 valence electrons. The molecule has 0 bridgehead atoms. The number of nitrogens with zero attached hydrogens (tertiary/aromatic N) is 1. The molecule has 0 aromatic heterocycles. The van der Waals surface area contributed by atoms with Crippen LogP contribution in [0.4, 0.5) is 13.2 Å². The Hall–Kier alpha value is -2.83. The predicted octanol–water partition coefficient (Wildman–Crippen LogP) is 2.49. The highest BCUT2D eigenvalue weighted by atomic mass is 19.1. The lowest BCUT2D eigenvalue weighted by molar-refractivity contribution is -0.129. The number of carbonyl (C=O) groups is 2. The van der Waals surface area contributed by atoms with Gasteiger partial charge in [-0.05, 0) is 18.2 Å². The second kappa shape index (κ2) is 7.63. The molecule has 0 aliphatic carbocycles. The summed E-state index contributed by atoms with van der Waals surface area (Å²) in [6.07, 6.45) is 0. The number of halogens is 3. The number of benzene rings is 2. The Bertz CT molecular complexity index is 765. The van der Waals surface area contributed by atoms with E-state index in [0.29, 0.717) is 11.6 Å². The Morgan fingerprint density at radius 3 is 2.42 bits per heavy atom. The molecule has 24 heavy (non-hydrogen) atoms. The molecule has 0 spiro atoms. The summed E-state index contributed by atoms with van der Waals surface area (Å²) in [5, 5.41) is 2.25. The van der Waals surface area contributed by atoms with Crippen LogP contribution >= 0.6 is 0 Å². The molecule has 0 heterocycles. The van der Waals surface area contributed by atoms with Crippen molar-refractivity contribution in [3.05, 3.63) is 71.0 Å². The fourth-order valence-electron chi connectivity index (χ4n) is 2.03. The van der Waals surface area contributed by atoms with Crippen LogP contribution in [-0.4, -0.2) is 30.3 Å². The quantitative estimate of drug-likeness (QED) is 0.912. The summed E-state index contributed by atoms with van der Waals surface area (Å²) in [5.74, 6) is -3.56. The third-order valence-electron chi connectivity index (χ3n) is 3.37. The van der Waals surface area contributed by atoms with Crippen molar-refractivity contribution in [2.45, 2.75) is 6.54 Å². The van der Waals surface area contributed by atoms with E-state index in [4.69, 9.17) is 0 Å². The van der Waals surface area contributed by atoms with E-state index >= 15 is 0 Å².